The number of benzene rings is 2. The molecule has 0 saturated heterocycles. The first-order chi connectivity index (χ1) is 14.1. The maximum atomic E-state index is 8.88. The average molecular weight is 497 g/mol. The molecule has 0 radical (unpaired) electrons. The van der Waals surface area contributed by atoms with Crippen LogP contribution in [0, 0.1) is 0 Å². The van der Waals surface area contributed by atoms with E-state index in [0.29, 0.717) is 5.92 Å². The molecule has 174 valence electrons. The molecule has 1 unspecified atom stereocenters. The lowest BCUT2D eigenvalue weighted by molar-refractivity contribution is 0.272. The Morgan fingerprint density at radius 2 is 1.42 bits per heavy atom. The fraction of sp³-hybridized carbons (Fsp3) is 0.333. The van der Waals surface area contributed by atoms with Crippen molar-refractivity contribution in [1.29, 1.82) is 0 Å². The number of phosphoric acid groups is 2. The average Bonchev–Trinajstić information content (AvgIpc) is 2.58. The highest BCUT2D eigenvalue weighted by atomic mass is 35.5. The zero-order valence-corrected chi connectivity index (χ0v) is 19.5. The van der Waals surface area contributed by atoms with Gasteiger partial charge in [-0.05, 0) is 68.9 Å². The predicted octanol–water partition coefficient (Wildman–Crippen LogP) is 3.01. The van der Waals surface area contributed by atoms with Crippen LogP contribution in [-0.2, 0) is 9.13 Å². The normalized spacial score (nSPS) is 14.8. The number of nitrogens with one attached hydrogen (secondary N) is 1. The molecule has 1 aliphatic rings. The smallest absolute Gasteiger partial charge is 0.355 e. The Hall–Kier alpha value is -1.29. The molecule has 3 rings (SSSR count). The Morgan fingerprint density at radius 1 is 0.903 bits per heavy atom. The van der Waals surface area contributed by atoms with Crippen molar-refractivity contribution in [3.8, 4) is 0 Å². The zero-order chi connectivity index (χ0) is 23.8. The van der Waals surface area contributed by atoms with Crippen LogP contribution in [0.2, 0.25) is 5.02 Å². The molecule has 0 fully saturated rings. The van der Waals surface area contributed by atoms with Crippen LogP contribution in [0.15, 0.2) is 42.5 Å². The van der Waals surface area contributed by atoms with Crippen molar-refractivity contribution in [3.63, 3.8) is 0 Å². The minimum atomic E-state index is -4.64. The van der Waals surface area contributed by atoms with Crippen LogP contribution in [0.5, 0.6) is 0 Å². The Bertz CT molecular complexity index is 911. The SMILES string of the molecule is CN(C)CCCC1c2ccccc2Nc2ccc(Cl)cc21.O=P(O)(O)O.O=P(O)(O)O. The third-order valence-electron chi connectivity index (χ3n) is 4.09. The van der Waals surface area contributed by atoms with Gasteiger partial charge in [0.05, 0.1) is 0 Å². The Labute approximate surface area is 185 Å². The molecule has 1 heterocycles. The lowest BCUT2D eigenvalue weighted by Gasteiger charge is -2.30. The van der Waals surface area contributed by atoms with Crippen molar-refractivity contribution in [1.82, 2.24) is 4.90 Å². The van der Waals surface area contributed by atoms with Crippen LogP contribution in [0.4, 0.5) is 11.4 Å². The standard InChI is InChI=1S/C18H21ClN2.2H3O4P/c1-21(2)11-5-7-14-15-6-3-4-8-17(15)20-18-10-9-13(19)12-16(14)18;2*1-5(2,3)4/h3-4,6,8-10,12,14,20H,5,7,11H2,1-2H3;2*(H3,1,2,3,4). The fourth-order valence-corrected chi connectivity index (χ4v) is 3.27. The van der Waals surface area contributed by atoms with E-state index in [4.69, 9.17) is 50.1 Å². The van der Waals surface area contributed by atoms with Gasteiger partial charge in [0.25, 0.3) is 0 Å². The second-order valence-corrected chi connectivity index (χ2v) is 9.46. The van der Waals surface area contributed by atoms with Gasteiger partial charge in [-0.1, -0.05) is 29.8 Å². The van der Waals surface area contributed by atoms with Crippen LogP contribution in [-0.4, -0.2) is 54.9 Å². The lowest BCUT2D eigenvalue weighted by atomic mass is 9.83. The number of nitrogens with zero attached hydrogens (tertiary/aromatic N) is 1. The number of hydrogen-bond donors (Lipinski definition) is 7. The maximum Gasteiger partial charge on any atom is 0.466 e. The van der Waals surface area contributed by atoms with Gasteiger partial charge in [0, 0.05) is 22.3 Å². The summed E-state index contributed by atoms with van der Waals surface area (Å²) in [6, 6.07) is 14.8. The van der Waals surface area contributed by atoms with Gasteiger partial charge in [-0.15, -0.1) is 0 Å². The van der Waals surface area contributed by atoms with E-state index in [9.17, 15) is 0 Å². The molecule has 2 aromatic rings. The molecule has 13 heteroatoms. The predicted molar refractivity (Wildman–Crippen MR) is 119 cm³/mol. The van der Waals surface area contributed by atoms with E-state index < -0.39 is 15.6 Å². The number of halogens is 1. The summed E-state index contributed by atoms with van der Waals surface area (Å²) in [5, 5.41) is 4.34. The molecular formula is C18H27ClN2O8P2. The van der Waals surface area contributed by atoms with Gasteiger partial charge in [0.2, 0.25) is 0 Å². The highest BCUT2D eigenvalue weighted by Gasteiger charge is 2.25. The van der Waals surface area contributed by atoms with E-state index in [2.05, 4.69) is 60.7 Å². The molecule has 7 N–H and O–H groups in total. The van der Waals surface area contributed by atoms with Gasteiger partial charge in [0.1, 0.15) is 0 Å². The topological polar surface area (TPSA) is 171 Å². The largest absolute Gasteiger partial charge is 0.466 e. The van der Waals surface area contributed by atoms with Crippen molar-refractivity contribution in [2.75, 3.05) is 26.0 Å². The van der Waals surface area contributed by atoms with Crippen molar-refractivity contribution in [3.05, 3.63) is 58.6 Å². The molecule has 1 aliphatic heterocycles. The number of rotatable bonds is 4. The second-order valence-electron chi connectivity index (χ2n) is 6.97. The maximum absolute atomic E-state index is 8.88. The molecule has 0 aliphatic carbocycles. The number of hydrogen-bond acceptors (Lipinski definition) is 4. The van der Waals surface area contributed by atoms with E-state index in [0.717, 1.165) is 18.0 Å². The highest BCUT2D eigenvalue weighted by molar-refractivity contribution is 7.45. The number of para-hydroxylation sites is 1. The summed E-state index contributed by atoms with van der Waals surface area (Å²) in [6.45, 7) is 1.11. The van der Waals surface area contributed by atoms with Gasteiger partial charge in [0.15, 0.2) is 0 Å². The van der Waals surface area contributed by atoms with Crippen LogP contribution in [0.3, 0.4) is 0 Å². The van der Waals surface area contributed by atoms with E-state index in [1.54, 1.807) is 0 Å². The molecule has 0 saturated carbocycles. The summed E-state index contributed by atoms with van der Waals surface area (Å²) in [5.41, 5.74) is 5.11. The quantitative estimate of drug-likeness (QED) is 0.312. The van der Waals surface area contributed by atoms with Crippen LogP contribution >= 0.6 is 27.2 Å². The Balaban J connectivity index is 0.000000404. The summed E-state index contributed by atoms with van der Waals surface area (Å²) >= 11 is 6.22. The first kappa shape index (κ1) is 27.7. The van der Waals surface area contributed by atoms with Gasteiger partial charge < -0.3 is 39.6 Å². The third kappa shape index (κ3) is 12.4. The molecule has 1 atom stereocenters. The minimum Gasteiger partial charge on any atom is -0.355 e. The number of anilines is 2. The Kier molecular flexibility index (Phi) is 10.8. The van der Waals surface area contributed by atoms with E-state index in [1.165, 1.54) is 28.9 Å². The van der Waals surface area contributed by atoms with Crippen molar-refractivity contribution in [2.24, 2.45) is 0 Å². The molecule has 31 heavy (non-hydrogen) atoms. The first-order valence-corrected chi connectivity index (χ1v) is 12.5. The van der Waals surface area contributed by atoms with Gasteiger partial charge in [-0.3, -0.25) is 0 Å². The summed E-state index contributed by atoms with van der Waals surface area (Å²) in [7, 11) is -5.03. The molecule has 10 nitrogen and oxygen atoms in total. The summed E-state index contributed by atoms with van der Waals surface area (Å²) in [5.74, 6) is 0.427. The van der Waals surface area contributed by atoms with Crippen LogP contribution in [0.25, 0.3) is 0 Å². The summed E-state index contributed by atoms with van der Waals surface area (Å²) < 4.78 is 17.8. The summed E-state index contributed by atoms with van der Waals surface area (Å²) in [6.07, 6.45) is 2.32. The van der Waals surface area contributed by atoms with E-state index in [1.807, 2.05) is 6.07 Å². The van der Waals surface area contributed by atoms with E-state index >= 15 is 0 Å². The summed E-state index contributed by atoms with van der Waals surface area (Å²) in [4.78, 5) is 45.4. The Morgan fingerprint density at radius 3 is 1.97 bits per heavy atom. The van der Waals surface area contributed by atoms with Crippen molar-refractivity contribution in [2.45, 2.75) is 18.8 Å². The number of fused-ring (bicyclic) bond motifs is 2. The molecule has 0 spiro atoms. The van der Waals surface area contributed by atoms with Gasteiger partial charge in [-0.25, -0.2) is 9.13 Å². The molecule has 0 aromatic heterocycles. The van der Waals surface area contributed by atoms with Gasteiger partial charge >= 0.3 is 15.6 Å². The van der Waals surface area contributed by atoms with E-state index in [-0.39, 0.29) is 0 Å². The zero-order valence-electron chi connectivity index (χ0n) is 17.0. The third-order valence-corrected chi connectivity index (χ3v) is 4.33. The minimum absolute atomic E-state index is 0.427. The van der Waals surface area contributed by atoms with Crippen molar-refractivity contribution < 1.29 is 38.5 Å². The van der Waals surface area contributed by atoms with Crippen molar-refractivity contribution >= 4 is 38.6 Å². The highest BCUT2D eigenvalue weighted by Crippen LogP contribution is 2.44. The lowest BCUT2D eigenvalue weighted by Crippen LogP contribution is -2.17. The second kappa shape index (κ2) is 12.1. The van der Waals surface area contributed by atoms with Crippen LogP contribution < -0.4 is 5.32 Å². The first-order valence-electron chi connectivity index (χ1n) is 9.02. The molecule has 0 bridgehead atoms. The fourth-order valence-electron chi connectivity index (χ4n) is 3.09. The molecular weight excluding hydrogens is 470 g/mol. The molecule has 0 amide bonds. The van der Waals surface area contributed by atoms with Crippen LogP contribution in [0.1, 0.15) is 29.9 Å². The molecule has 2 aromatic carbocycles. The van der Waals surface area contributed by atoms with Gasteiger partial charge in [-0.2, -0.15) is 0 Å². The monoisotopic (exact) mass is 496 g/mol.